The normalized spacial score (nSPS) is 19.2. The van der Waals surface area contributed by atoms with Crippen molar-refractivity contribution in [3.8, 4) is 0 Å². The van der Waals surface area contributed by atoms with Crippen molar-refractivity contribution in [2.75, 3.05) is 25.0 Å². The summed E-state index contributed by atoms with van der Waals surface area (Å²) in [4.78, 5) is 14.1. The predicted molar refractivity (Wildman–Crippen MR) is 81.4 cm³/mol. The van der Waals surface area contributed by atoms with Crippen LogP contribution in [-0.2, 0) is 4.79 Å². The number of aliphatic hydroxyl groups excluding tert-OH is 1. The molecular formula is C14H18Cl2N2O2. The van der Waals surface area contributed by atoms with Crippen LogP contribution in [-0.4, -0.2) is 41.7 Å². The number of nitrogens with one attached hydrogen (secondary N) is 1. The predicted octanol–water partition coefficient (Wildman–Crippen LogP) is 2.78. The topological polar surface area (TPSA) is 52.6 Å². The molecule has 1 heterocycles. The molecule has 1 saturated heterocycles. The third kappa shape index (κ3) is 4.09. The molecule has 1 aromatic carbocycles. The quantitative estimate of drug-likeness (QED) is 0.878. The van der Waals surface area contributed by atoms with Crippen LogP contribution in [0, 0.1) is 0 Å². The van der Waals surface area contributed by atoms with Crippen LogP contribution in [0.3, 0.4) is 0 Å². The van der Waals surface area contributed by atoms with E-state index in [1.807, 2.05) is 0 Å². The smallest absolute Gasteiger partial charge is 0.225 e. The fraction of sp³-hybridized carbons (Fsp3) is 0.500. The monoisotopic (exact) mass is 316 g/mol. The zero-order chi connectivity index (χ0) is 14.5. The highest BCUT2D eigenvalue weighted by Gasteiger charge is 2.23. The Morgan fingerprint density at radius 2 is 2.25 bits per heavy atom. The molecule has 20 heavy (non-hydrogen) atoms. The summed E-state index contributed by atoms with van der Waals surface area (Å²) < 4.78 is 0. The number of halogens is 2. The average Bonchev–Trinajstić information content (AvgIpc) is 2.88. The van der Waals surface area contributed by atoms with E-state index < -0.39 is 0 Å². The van der Waals surface area contributed by atoms with Crippen molar-refractivity contribution in [1.29, 1.82) is 0 Å². The first kappa shape index (κ1) is 15.6. The van der Waals surface area contributed by atoms with Crippen LogP contribution in [0.4, 0.5) is 5.69 Å². The highest BCUT2D eigenvalue weighted by Crippen LogP contribution is 2.25. The van der Waals surface area contributed by atoms with Crippen molar-refractivity contribution in [1.82, 2.24) is 4.90 Å². The third-order valence-electron chi connectivity index (χ3n) is 3.54. The molecule has 0 radical (unpaired) electrons. The van der Waals surface area contributed by atoms with Crippen LogP contribution in [0.25, 0.3) is 0 Å². The van der Waals surface area contributed by atoms with E-state index in [1.54, 1.807) is 18.2 Å². The van der Waals surface area contributed by atoms with Gasteiger partial charge in [-0.15, -0.1) is 0 Å². The van der Waals surface area contributed by atoms with E-state index in [1.165, 1.54) is 0 Å². The van der Waals surface area contributed by atoms with Crippen LogP contribution >= 0.6 is 23.2 Å². The van der Waals surface area contributed by atoms with Crippen LogP contribution in [0.5, 0.6) is 0 Å². The molecule has 0 spiro atoms. The van der Waals surface area contributed by atoms with Crippen LogP contribution in [0.15, 0.2) is 18.2 Å². The molecule has 110 valence electrons. The Morgan fingerprint density at radius 1 is 1.45 bits per heavy atom. The lowest BCUT2D eigenvalue weighted by Crippen LogP contribution is -2.34. The van der Waals surface area contributed by atoms with Crippen molar-refractivity contribution in [3.05, 3.63) is 28.2 Å². The minimum absolute atomic E-state index is 0.0993. The Labute approximate surface area is 128 Å². The van der Waals surface area contributed by atoms with E-state index in [0.29, 0.717) is 28.7 Å². The fourth-order valence-electron chi connectivity index (χ4n) is 2.45. The largest absolute Gasteiger partial charge is 0.395 e. The maximum atomic E-state index is 11.9. The van der Waals surface area contributed by atoms with Crippen molar-refractivity contribution >= 4 is 34.8 Å². The number of rotatable bonds is 5. The van der Waals surface area contributed by atoms with Gasteiger partial charge in [-0.25, -0.2) is 0 Å². The summed E-state index contributed by atoms with van der Waals surface area (Å²) >= 11 is 11.9. The Kier molecular flexibility index (Phi) is 5.66. The van der Waals surface area contributed by atoms with E-state index in [4.69, 9.17) is 23.2 Å². The van der Waals surface area contributed by atoms with Crippen molar-refractivity contribution in [3.63, 3.8) is 0 Å². The highest BCUT2D eigenvalue weighted by atomic mass is 35.5. The first-order chi connectivity index (χ1) is 9.60. The number of aliphatic hydroxyl groups is 1. The summed E-state index contributed by atoms with van der Waals surface area (Å²) in [5, 5.41) is 13.0. The zero-order valence-electron chi connectivity index (χ0n) is 11.1. The number of benzene rings is 1. The molecule has 1 unspecified atom stereocenters. The molecular weight excluding hydrogens is 299 g/mol. The first-order valence-corrected chi connectivity index (χ1v) is 7.45. The highest BCUT2D eigenvalue weighted by molar-refractivity contribution is 6.35. The summed E-state index contributed by atoms with van der Waals surface area (Å²) in [6.45, 7) is 1.74. The van der Waals surface area contributed by atoms with Gasteiger partial charge in [0.05, 0.1) is 17.3 Å². The number of hydrogen-bond donors (Lipinski definition) is 2. The molecule has 1 fully saturated rings. The second-order valence-corrected chi connectivity index (χ2v) is 5.78. The van der Waals surface area contributed by atoms with Gasteiger partial charge in [-0.05, 0) is 37.6 Å². The number of carbonyl (C=O) groups excluding carboxylic acids is 1. The molecule has 0 aromatic heterocycles. The van der Waals surface area contributed by atoms with Gasteiger partial charge in [-0.3, -0.25) is 9.69 Å². The lowest BCUT2D eigenvalue weighted by molar-refractivity contribution is -0.116. The summed E-state index contributed by atoms with van der Waals surface area (Å²) in [7, 11) is 0. The average molecular weight is 317 g/mol. The molecule has 1 atom stereocenters. The fourth-order valence-corrected chi connectivity index (χ4v) is 2.78. The summed E-state index contributed by atoms with van der Waals surface area (Å²) in [6, 6.07) is 5.16. The van der Waals surface area contributed by atoms with Gasteiger partial charge in [0.25, 0.3) is 0 Å². The Morgan fingerprint density at radius 3 is 3.00 bits per heavy atom. The van der Waals surface area contributed by atoms with E-state index >= 15 is 0 Å². The standard InChI is InChI=1S/C14H18Cl2N2O2/c15-10-3-4-12(16)13(8-10)17-14(20)5-7-18-6-1-2-11(18)9-19/h3-4,8,11,19H,1-2,5-7,9H2,(H,17,20). The van der Waals surface area contributed by atoms with Gasteiger partial charge in [0.15, 0.2) is 0 Å². The van der Waals surface area contributed by atoms with Crippen molar-refractivity contribution < 1.29 is 9.90 Å². The number of carbonyl (C=O) groups is 1. The van der Waals surface area contributed by atoms with Crippen LogP contribution < -0.4 is 5.32 Å². The van der Waals surface area contributed by atoms with Gasteiger partial charge in [-0.2, -0.15) is 0 Å². The summed E-state index contributed by atoms with van der Waals surface area (Å²) in [5.41, 5.74) is 0.532. The molecule has 0 bridgehead atoms. The molecule has 0 saturated carbocycles. The Balaban J connectivity index is 1.85. The molecule has 1 aliphatic rings. The van der Waals surface area contributed by atoms with E-state index in [-0.39, 0.29) is 18.6 Å². The first-order valence-electron chi connectivity index (χ1n) is 6.70. The molecule has 2 rings (SSSR count). The second-order valence-electron chi connectivity index (χ2n) is 4.94. The molecule has 6 heteroatoms. The summed E-state index contributed by atoms with van der Waals surface area (Å²) in [6.07, 6.45) is 2.45. The van der Waals surface area contributed by atoms with E-state index in [9.17, 15) is 9.90 Å². The number of amides is 1. The molecule has 2 N–H and O–H groups in total. The molecule has 4 nitrogen and oxygen atoms in total. The number of hydrogen-bond acceptors (Lipinski definition) is 3. The molecule has 0 aliphatic carbocycles. The Hall–Kier alpha value is -0.810. The van der Waals surface area contributed by atoms with Gasteiger partial charge in [0.1, 0.15) is 0 Å². The number of likely N-dealkylation sites (tertiary alicyclic amines) is 1. The maximum absolute atomic E-state index is 11.9. The van der Waals surface area contributed by atoms with Gasteiger partial charge in [0.2, 0.25) is 5.91 Å². The second kappa shape index (κ2) is 7.27. The van der Waals surface area contributed by atoms with Gasteiger partial charge in [-0.1, -0.05) is 23.2 Å². The van der Waals surface area contributed by atoms with Gasteiger partial charge < -0.3 is 10.4 Å². The van der Waals surface area contributed by atoms with Crippen LogP contribution in [0.2, 0.25) is 10.0 Å². The maximum Gasteiger partial charge on any atom is 0.225 e. The zero-order valence-corrected chi connectivity index (χ0v) is 12.6. The Bertz CT molecular complexity index is 482. The minimum Gasteiger partial charge on any atom is -0.395 e. The summed E-state index contributed by atoms with van der Waals surface area (Å²) in [5.74, 6) is -0.0993. The van der Waals surface area contributed by atoms with Gasteiger partial charge in [0, 0.05) is 24.0 Å². The molecule has 1 aromatic rings. The van der Waals surface area contributed by atoms with Gasteiger partial charge >= 0.3 is 0 Å². The number of anilines is 1. The van der Waals surface area contributed by atoms with Crippen LogP contribution in [0.1, 0.15) is 19.3 Å². The lowest BCUT2D eigenvalue weighted by Gasteiger charge is -2.22. The van der Waals surface area contributed by atoms with Crippen molar-refractivity contribution in [2.45, 2.75) is 25.3 Å². The van der Waals surface area contributed by atoms with Crippen molar-refractivity contribution in [2.24, 2.45) is 0 Å². The lowest BCUT2D eigenvalue weighted by atomic mass is 10.2. The van der Waals surface area contributed by atoms with E-state index in [2.05, 4.69) is 10.2 Å². The number of nitrogens with zero attached hydrogens (tertiary/aromatic N) is 1. The third-order valence-corrected chi connectivity index (χ3v) is 4.10. The molecule has 1 amide bonds. The SMILES string of the molecule is O=C(CCN1CCCC1CO)Nc1cc(Cl)ccc1Cl. The van der Waals surface area contributed by atoms with E-state index in [0.717, 1.165) is 19.4 Å². The minimum atomic E-state index is -0.0993. The molecule has 1 aliphatic heterocycles.